The molecule has 0 spiro atoms. The summed E-state index contributed by atoms with van der Waals surface area (Å²) >= 11 is 0. The van der Waals surface area contributed by atoms with Crippen molar-refractivity contribution in [1.29, 1.82) is 0 Å². The van der Waals surface area contributed by atoms with Gasteiger partial charge in [0.05, 0.1) is 13.2 Å². The first kappa shape index (κ1) is 16.9. The van der Waals surface area contributed by atoms with Gasteiger partial charge in [0.15, 0.2) is 0 Å². The Labute approximate surface area is 118 Å². The van der Waals surface area contributed by atoms with Gasteiger partial charge < -0.3 is 15.2 Å². The van der Waals surface area contributed by atoms with Crippen molar-refractivity contribution in [1.82, 2.24) is 4.90 Å². The molecule has 1 atom stereocenters. The molecule has 1 unspecified atom stereocenters. The summed E-state index contributed by atoms with van der Waals surface area (Å²) in [6, 6.07) is 0.311. The molecule has 0 aromatic rings. The summed E-state index contributed by atoms with van der Waals surface area (Å²) in [6.07, 6.45) is 5.34. The lowest BCUT2D eigenvalue weighted by Gasteiger charge is -2.28. The van der Waals surface area contributed by atoms with Crippen molar-refractivity contribution in [3.8, 4) is 0 Å². The molecule has 0 radical (unpaired) electrons. The predicted molar refractivity (Wildman–Crippen MR) is 79.4 cm³/mol. The van der Waals surface area contributed by atoms with Crippen molar-refractivity contribution >= 4 is 0 Å². The Bertz CT molecular complexity index is 198. The lowest BCUT2D eigenvalue weighted by atomic mass is 9.98. The fourth-order valence-electron chi connectivity index (χ4n) is 2.80. The third-order valence-electron chi connectivity index (χ3n) is 3.99. The molecular weight excluding hydrogens is 240 g/mol. The van der Waals surface area contributed by atoms with Crippen LogP contribution in [-0.2, 0) is 9.47 Å². The molecule has 4 heteroatoms. The zero-order chi connectivity index (χ0) is 13.9. The monoisotopic (exact) mass is 272 g/mol. The van der Waals surface area contributed by atoms with Gasteiger partial charge in [-0.1, -0.05) is 12.8 Å². The molecule has 114 valence electrons. The largest absolute Gasteiger partial charge is 0.380 e. The second-order valence-electron chi connectivity index (χ2n) is 5.40. The van der Waals surface area contributed by atoms with E-state index in [2.05, 4.69) is 4.90 Å². The van der Waals surface area contributed by atoms with Crippen LogP contribution in [0, 0.1) is 5.92 Å². The van der Waals surface area contributed by atoms with Gasteiger partial charge in [0.25, 0.3) is 0 Å². The minimum Gasteiger partial charge on any atom is -0.380 e. The molecule has 2 N–H and O–H groups in total. The van der Waals surface area contributed by atoms with Crippen LogP contribution in [0.5, 0.6) is 0 Å². The Balaban J connectivity index is 2.28. The maximum Gasteiger partial charge on any atom is 0.0593 e. The Morgan fingerprint density at radius 1 is 1.05 bits per heavy atom. The summed E-state index contributed by atoms with van der Waals surface area (Å²) in [5, 5.41) is 0. The summed E-state index contributed by atoms with van der Waals surface area (Å²) in [7, 11) is 0. The second-order valence-corrected chi connectivity index (χ2v) is 5.40. The van der Waals surface area contributed by atoms with Crippen LogP contribution >= 0.6 is 0 Å². The molecular formula is C15H32N2O2. The second kappa shape index (κ2) is 10.6. The van der Waals surface area contributed by atoms with E-state index in [4.69, 9.17) is 15.2 Å². The van der Waals surface area contributed by atoms with Gasteiger partial charge in [0.1, 0.15) is 0 Å². The molecule has 0 aromatic carbocycles. The summed E-state index contributed by atoms with van der Waals surface area (Å²) in [6.45, 7) is 10.1. The van der Waals surface area contributed by atoms with Gasteiger partial charge in [0.2, 0.25) is 0 Å². The van der Waals surface area contributed by atoms with E-state index in [1.165, 1.54) is 25.7 Å². The van der Waals surface area contributed by atoms with E-state index in [-0.39, 0.29) is 0 Å². The quantitative estimate of drug-likeness (QED) is 0.583. The molecule has 0 aliphatic heterocycles. The number of hydrogen-bond donors (Lipinski definition) is 1. The normalized spacial score (nSPS) is 18.3. The third-order valence-corrected chi connectivity index (χ3v) is 3.99. The predicted octanol–water partition coefficient (Wildman–Crippen LogP) is 1.88. The van der Waals surface area contributed by atoms with Crippen LogP contribution < -0.4 is 5.73 Å². The van der Waals surface area contributed by atoms with Crippen LogP contribution in [0.2, 0.25) is 0 Å². The summed E-state index contributed by atoms with van der Waals surface area (Å²) < 4.78 is 10.9. The van der Waals surface area contributed by atoms with Crippen molar-refractivity contribution in [2.45, 2.75) is 45.6 Å². The Hall–Kier alpha value is -0.160. The van der Waals surface area contributed by atoms with E-state index in [1.807, 2.05) is 13.8 Å². The molecule has 1 saturated carbocycles. The van der Waals surface area contributed by atoms with E-state index >= 15 is 0 Å². The summed E-state index contributed by atoms with van der Waals surface area (Å²) in [4.78, 5) is 2.40. The first-order chi connectivity index (χ1) is 9.27. The number of hydrogen-bond acceptors (Lipinski definition) is 4. The van der Waals surface area contributed by atoms with E-state index in [1.54, 1.807) is 0 Å². The van der Waals surface area contributed by atoms with Gasteiger partial charge in [-0.25, -0.2) is 0 Å². The molecule has 1 rings (SSSR count). The standard InChI is InChI=1S/C15H32N2O2/c1-3-18-11-9-17(10-12-19-4-2)13-15(16)14-7-5-6-8-14/h14-15H,3-13,16H2,1-2H3. The Kier molecular flexibility index (Phi) is 9.43. The van der Waals surface area contributed by atoms with Gasteiger partial charge in [-0.15, -0.1) is 0 Å². The number of rotatable bonds is 11. The molecule has 0 amide bonds. The SMILES string of the molecule is CCOCCN(CCOCC)CC(N)C1CCCC1. The fourth-order valence-corrected chi connectivity index (χ4v) is 2.80. The molecule has 0 aromatic heterocycles. The molecule has 19 heavy (non-hydrogen) atoms. The minimum atomic E-state index is 0.311. The highest BCUT2D eigenvalue weighted by Gasteiger charge is 2.23. The fraction of sp³-hybridized carbons (Fsp3) is 1.00. The molecule has 1 aliphatic rings. The van der Waals surface area contributed by atoms with Gasteiger partial charge in [0, 0.05) is 38.9 Å². The molecule has 0 heterocycles. The molecule has 0 saturated heterocycles. The maximum absolute atomic E-state index is 6.37. The van der Waals surface area contributed by atoms with Crippen molar-refractivity contribution in [3.63, 3.8) is 0 Å². The molecule has 0 bridgehead atoms. The van der Waals surface area contributed by atoms with Crippen LogP contribution in [0.1, 0.15) is 39.5 Å². The number of nitrogens with zero attached hydrogens (tertiary/aromatic N) is 1. The molecule has 1 aliphatic carbocycles. The lowest BCUT2D eigenvalue weighted by molar-refractivity contribution is 0.0773. The number of nitrogens with two attached hydrogens (primary N) is 1. The molecule has 4 nitrogen and oxygen atoms in total. The topological polar surface area (TPSA) is 47.7 Å². The van der Waals surface area contributed by atoms with Crippen LogP contribution in [-0.4, -0.2) is 57.0 Å². The van der Waals surface area contributed by atoms with Crippen LogP contribution in [0.4, 0.5) is 0 Å². The maximum atomic E-state index is 6.37. The van der Waals surface area contributed by atoms with Crippen LogP contribution in [0.15, 0.2) is 0 Å². The van der Waals surface area contributed by atoms with Crippen molar-refractivity contribution in [2.75, 3.05) is 46.1 Å². The van der Waals surface area contributed by atoms with Gasteiger partial charge in [-0.05, 0) is 32.6 Å². The smallest absolute Gasteiger partial charge is 0.0593 e. The summed E-state index contributed by atoms with van der Waals surface area (Å²) in [5.41, 5.74) is 6.37. The highest BCUT2D eigenvalue weighted by atomic mass is 16.5. The first-order valence-corrected chi connectivity index (χ1v) is 7.91. The zero-order valence-electron chi connectivity index (χ0n) is 12.8. The zero-order valence-corrected chi connectivity index (χ0v) is 12.8. The lowest BCUT2D eigenvalue weighted by Crippen LogP contribution is -2.44. The Morgan fingerprint density at radius 3 is 2.05 bits per heavy atom. The molecule has 1 fully saturated rings. The average molecular weight is 272 g/mol. The summed E-state index contributed by atoms with van der Waals surface area (Å²) in [5.74, 6) is 0.724. The number of ether oxygens (including phenoxy) is 2. The van der Waals surface area contributed by atoms with Gasteiger partial charge in [-0.2, -0.15) is 0 Å². The van der Waals surface area contributed by atoms with Crippen molar-refractivity contribution in [3.05, 3.63) is 0 Å². The highest BCUT2D eigenvalue weighted by Crippen LogP contribution is 2.27. The van der Waals surface area contributed by atoms with E-state index in [9.17, 15) is 0 Å². The minimum absolute atomic E-state index is 0.311. The first-order valence-electron chi connectivity index (χ1n) is 7.91. The van der Waals surface area contributed by atoms with Crippen molar-refractivity contribution < 1.29 is 9.47 Å². The highest BCUT2D eigenvalue weighted by molar-refractivity contribution is 4.80. The Morgan fingerprint density at radius 2 is 1.58 bits per heavy atom. The average Bonchev–Trinajstić information content (AvgIpc) is 2.93. The third kappa shape index (κ3) is 7.25. The van der Waals surface area contributed by atoms with Crippen LogP contribution in [0.25, 0.3) is 0 Å². The van der Waals surface area contributed by atoms with E-state index < -0.39 is 0 Å². The van der Waals surface area contributed by atoms with Crippen molar-refractivity contribution in [2.24, 2.45) is 11.7 Å². The van der Waals surface area contributed by atoms with Crippen LogP contribution in [0.3, 0.4) is 0 Å². The van der Waals surface area contributed by atoms with Gasteiger partial charge >= 0.3 is 0 Å². The van der Waals surface area contributed by atoms with E-state index in [0.717, 1.165) is 52.0 Å². The van der Waals surface area contributed by atoms with Gasteiger partial charge in [-0.3, -0.25) is 4.90 Å². The van der Waals surface area contributed by atoms with E-state index in [0.29, 0.717) is 6.04 Å².